The van der Waals surface area contributed by atoms with Gasteiger partial charge in [-0.05, 0) is 55.2 Å². The third-order valence-electron chi connectivity index (χ3n) is 5.67. The molecule has 1 amide bonds. The Morgan fingerprint density at radius 3 is 2.00 bits per heavy atom. The number of nitrogens with one attached hydrogen (secondary N) is 1. The summed E-state index contributed by atoms with van der Waals surface area (Å²) in [5, 5.41) is 3.21. The molecule has 35 heavy (non-hydrogen) atoms. The highest BCUT2D eigenvalue weighted by Gasteiger charge is 2.32. The topological polar surface area (TPSA) is 38.3 Å². The van der Waals surface area contributed by atoms with Gasteiger partial charge < -0.3 is 10.1 Å². The minimum Gasteiger partial charge on any atom is -0.478 e. The van der Waals surface area contributed by atoms with Gasteiger partial charge in [0.2, 0.25) is 0 Å². The molecule has 3 aromatic rings. The Labute approximate surface area is 204 Å². The van der Waals surface area contributed by atoms with Crippen LogP contribution in [0.5, 0.6) is 5.75 Å². The van der Waals surface area contributed by atoms with Crippen molar-refractivity contribution in [3.8, 4) is 5.75 Å². The molecule has 2 atom stereocenters. The molecular formula is C26H23ClF5NO2. The molecule has 1 N–H and O–H groups in total. The summed E-state index contributed by atoms with van der Waals surface area (Å²) in [6.45, 7) is 4.53. The first-order valence-electron chi connectivity index (χ1n) is 10.7. The molecule has 3 rings (SSSR count). The average molecular weight is 512 g/mol. The first kappa shape index (κ1) is 26.5. The van der Waals surface area contributed by atoms with Gasteiger partial charge in [0, 0.05) is 35.7 Å². The zero-order valence-electron chi connectivity index (χ0n) is 19.1. The Bertz CT molecular complexity index is 1170. The summed E-state index contributed by atoms with van der Waals surface area (Å²) < 4.78 is 73.7. The van der Waals surface area contributed by atoms with Gasteiger partial charge in [-0.15, -0.1) is 0 Å². The number of benzene rings is 3. The predicted octanol–water partition coefficient (Wildman–Crippen LogP) is 6.90. The molecule has 0 radical (unpaired) electrons. The largest absolute Gasteiger partial charge is 0.478 e. The summed E-state index contributed by atoms with van der Waals surface area (Å²) in [6, 6.07) is 11.3. The average Bonchev–Trinajstić information content (AvgIpc) is 2.76. The fourth-order valence-corrected chi connectivity index (χ4v) is 3.84. The molecule has 0 fully saturated rings. The highest BCUT2D eigenvalue weighted by Crippen LogP contribution is 2.34. The molecule has 186 valence electrons. The van der Waals surface area contributed by atoms with Crippen molar-refractivity contribution in [2.24, 2.45) is 0 Å². The summed E-state index contributed by atoms with van der Waals surface area (Å²) >= 11 is 5.96. The van der Waals surface area contributed by atoms with E-state index in [0.29, 0.717) is 22.7 Å². The van der Waals surface area contributed by atoms with Crippen LogP contribution < -0.4 is 10.1 Å². The van der Waals surface area contributed by atoms with Crippen molar-refractivity contribution in [2.75, 3.05) is 6.54 Å². The lowest BCUT2D eigenvalue weighted by Crippen LogP contribution is -2.48. The quantitative estimate of drug-likeness (QED) is 0.264. The molecular weight excluding hydrogens is 489 g/mol. The molecule has 0 aliphatic carbocycles. The second kappa shape index (κ2) is 10.6. The summed E-state index contributed by atoms with van der Waals surface area (Å²) in [5.41, 5.74) is -0.462. The van der Waals surface area contributed by atoms with Crippen LogP contribution in [-0.4, -0.2) is 18.1 Å². The maximum Gasteiger partial charge on any atom is 0.263 e. The van der Waals surface area contributed by atoms with Gasteiger partial charge in [0.15, 0.2) is 23.1 Å². The molecule has 0 spiro atoms. The molecule has 0 saturated carbocycles. The van der Waals surface area contributed by atoms with Crippen molar-refractivity contribution in [1.82, 2.24) is 5.32 Å². The van der Waals surface area contributed by atoms with Crippen molar-refractivity contribution in [3.63, 3.8) is 0 Å². The van der Waals surface area contributed by atoms with Gasteiger partial charge in [-0.3, -0.25) is 4.79 Å². The molecule has 0 aromatic heterocycles. The van der Waals surface area contributed by atoms with Crippen molar-refractivity contribution in [3.05, 3.63) is 99.8 Å². The molecule has 0 aliphatic rings. The molecule has 3 aromatic carbocycles. The maximum atomic E-state index is 14.0. The van der Waals surface area contributed by atoms with Crippen molar-refractivity contribution in [2.45, 2.75) is 38.2 Å². The monoisotopic (exact) mass is 511 g/mol. The number of carbonyl (C=O) groups is 1. The van der Waals surface area contributed by atoms with Gasteiger partial charge in [0.25, 0.3) is 5.91 Å². The van der Waals surface area contributed by atoms with E-state index in [1.807, 2.05) is 6.92 Å². The van der Waals surface area contributed by atoms with Gasteiger partial charge in [-0.25, -0.2) is 22.0 Å². The number of amides is 1. The number of hydrogen-bond donors (Lipinski definition) is 1. The van der Waals surface area contributed by atoms with Crippen LogP contribution in [0, 0.1) is 29.1 Å². The van der Waals surface area contributed by atoms with E-state index in [0.717, 1.165) is 11.6 Å². The van der Waals surface area contributed by atoms with E-state index in [4.69, 9.17) is 16.3 Å². The van der Waals surface area contributed by atoms with E-state index < -0.39 is 46.5 Å². The first-order valence-corrected chi connectivity index (χ1v) is 11.1. The minimum absolute atomic E-state index is 0.0373. The minimum atomic E-state index is -1.65. The highest BCUT2D eigenvalue weighted by molar-refractivity contribution is 6.30. The highest BCUT2D eigenvalue weighted by atomic mass is 35.5. The SMILES string of the molecule is CC(c1ccc(Cl)cc1)C(CNC(=O)C(C)(C)Oc1cc(F)c(F)c(F)c1)c1cc(F)cc(F)c1. The Morgan fingerprint density at radius 1 is 0.914 bits per heavy atom. The number of ether oxygens (including phenoxy) is 1. The Balaban J connectivity index is 1.83. The van der Waals surface area contributed by atoms with E-state index >= 15 is 0 Å². The molecule has 0 aliphatic heterocycles. The lowest BCUT2D eigenvalue weighted by atomic mass is 9.82. The Hall–Kier alpha value is -3.13. The van der Waals surface area contributed by atoms with Gasteiger partial charge in [0.1, 0.15) is 17.4 Å². The van der Waals surface area contributed by atoms with Gasteiger partial charge in [-0.2, -0.15) is 0 Å². The van der Waals surface area contributed by atoms with Crippen LogP contribution in [0.15, 0.2) is 54.6 Å². The Morgan fingerprint density at radius 2 is 1.46 bits per heavy atom. The van der Waals surface area contributed by atoms with Crippen LogP contribution in [0.1, 0.15) is 43.7 Å². The second-order valence-electron chi connectivity index (χ2n) is 8.67. The van der Waals surface area contributed by atoms with Crippen LogP contribution in [0.25, 0.3) is 0 Å². The first-order chi connectivity index (χ1) is 16.4. The summed E-state index contributed by atoms with van der Waals surface area (Å²) in [6.07, 6.45) is 0. The molecule has 0 saturated heterocycles. The van der Waals surface area contributed by atoms with Crippen LogP contribution in [0.2, 0.25) is 5.02 Å². The molecule has 9 heteroatoms. The van der Waals surface area contributed by atoms with E-state index in [1.165, 1.54) is 26.0 Å². The normalized spacial score (nSPS) is 13.3. The molecule has 0 bridgehead atoms. The van der Waals surface area contributed by atoms with E-state index in [-0.39, 0.29) is 18.2 Å². The third kappa shape index (κ3) is 6.51. The zero-order chi connectivity index (χ0) is 25.9. The zero-order valence-corrected chi connectivity index (χ0v) is 19.9. The number of carbonyl (C=O) groups excluding carboxylic acids is 1. The summed E-state index contributed by atoms with van der Waals surface area (Å²) in [5.74, 6) is -7.97. The van der Waals surface area contributed by atoms with Crippen molar-refractivity contribution >= 4 is 17.5 Å². The number of hydrogen-bond acceptors (Lipinski definition) is 2. The standard InChI is InChI=1S/C26H23ClF5NO2/c1-14(15-4-6-17(27)7-5-15)21(16-8-18(28)10-19(29)9-16)13-33-25(34)26(2,3)35-20-11-22(30)24(32)23(31)12-20/h4-12,14,21H,13H2,1-3H3,(H,33,34). The van der Waals surface area contributed by atoms with Crippen LogP contribution in [-0.2, 0) is 4.79 Å². The van der Waals surface area contributed by atoms with Crippen molar-refractivity contribution < 1.29 is 31.5 Å². The smallest absolute Gasteiger partial charge is 0.263 e. The lowest BCUT2D eigenvalue weighted by molar-refractivity contribution is -0.134. The van der Waals surface area contributed by atoms with E-state index in [1.54, 1.807) is 24.3 Å². The second-order valence-corrected chi connectivity index (χ2v) is 9.11. The van der Waals surface area contributed by atoms with Gasteiger partial charge in [-0.1, -0.05) is 30.7 Å². The van der Waals surface area contributed by atoms with E-state index in [2.05, 4.69) is 5.32 Å². The lowest BCUT2D eigenvalue weighted by Gasteiger charge is -2.29. The van der Waals surface area contributed by atoms with Crippen LogP contribution >= 0.6 is 11.6 Å². The molecule has 0 heterocycles. The van der Waals surface area contributed by atoms with Gasteiger partial charge in [0.05, 0.1) is 0 Å². The fourth-order valence-electron chi connectivity index (χ4n) is 3.72. The number of halogens is 6. The third-order valence-corrected chi connectivity index (χ3v) is 5.92. The van der Waals surface area contributed by atoms with Gasteiger partial charge >= 0.3 is 0 Å². The number of rotatable bonds is 8. The summed E-state index contributed by atoms with van der Waals surface area (Å²) in [7, 11) is 0. The summed E-state index contributed by atoms with van der Waals surface area (Å²) in [4.78, 5) is 12.9. The molecule has 2 unspecified atom stereocenters. The van der Waals surface area contributed by atoms with Crippen molar-refractivity contribution in [1.29, 1.82) is 0 Å². The van der Waals surface area contributed by atoms with E-state index in [9.17, 15) is 26.7 Å². The van der Waals surface area contributed by atoms with Crippen LogP contribution in [0.3, 0.4) is 0 Å². The molecule has 3 nitrogen and oxygen atoms in total. The Kier molecular flexibility index (Phi) is 8.05. The fraction of sp³-hybridized carbons (Fsp3) is 0.269. The maximum absolute atomic E-state index is 14.0. The van der Waals surface area contributed by atoms with Crippen LogP contribution in [0.4, 0.5) is 22.0 Å². The predicted molar refractivity (Wildman–Crippen MR) is 123 cm³/mol.